The number of benzene rings is 1. The number of nitrogens with two attached hydrogens (primary N) is 1. The van der Waals surface area contributed by atoms with E-state index in [4.69, 9.17) is 5.73 Å². The summed E-state index contributed by atoms with van der Waals surface area (Å²) in [7, 11) is 0. The largest absolute Gasteiger partial charge is 0.327 e. The van der Waals surface area contributed by atoms with Crippen LogP contribution in [0.25, 0.3) is 0 Å². The smallest absolute Gasteiger partial charge is 0.00819 e. The van der Waals surface area contributed by atoms with Crippen molar-refractivity contribution in [2.24, 2.45) is 11.7 Å². The molecule has 0 fully saturated rings. The molecule has 17 heavy (non-hydrogen) atoms. The predicted octanol–water partition coefficient (Wildman–Crippen LogP) is 4.00. The van der Waals surface area contributed by atoms with Gasteiger partial charge in [0, 0.05) is 6.04 Å². The van der Waals surface area contributed by atoms with Crippen LogP contribution in [0.1, 0.15) is 49.8 Å². The molecule has 0 aliphatic carbocycles. The van der Waals surface area contributed by atoms with Gasteiger partial charge in [-0.25, -0.2) is 0 Å². The SMILES string of the molecule is CCCC(C)CC(N)Cc1cc(C)ccc1C. The fourth-order valence-corrected chi connectivity index (χ4v) is 2.51. The predicted molar refractivity (Wildman–Crippen MR) is 76.3 cm³/mol. The third-order valence-electron chi connectivity index (χ3n) is 3.47. The van der Waals surface area contributed by atoms with Crippen LogP contribution in [-0.4, -0.2) is 6.04 Å². The van der Waals surface area contributed by atoms with E-state index < -0.39 is 0 Å². The molecule has 1 nitrogen and oxygen atoms in total. The van der Waals surface area contributed by atoms with E-state index in [1.807, 2.05) is 0 Å². The molecule has 0 spiro atoms. The van der Waals surface area contributed by atoms with Crippen LogP contribution in [0.2, 0.25) is 0 Å². The normalized spacial score (nSPS) is 14.6. The Hall–Kier alpha value is -0.820. The molecule has 0 bridgehead atoms. The number of hydrogen-bond acceptors (Lipinski definition) is 1. The lowest BCUT2D eigenvalue weighted by molar-refractivity contribution is 0.431. The summed E-state index contributed by atoms with van der Waals surface area (Å²) in [5.74, 6) is 0.750. The zero-order chi connectivity index (χ0) is 12.8. The first kappa shape index (κ1) is 14.2. The first-order valence-electron chi connectivity index (χ1n) is 6.84. The number of aryl methyl sites for hydroxylation is 2. The third-order valence-corrected chi connectivity index (χ3v) is 3.47. The maximum Gasteiger partial charge on any atom is 0.00819 e. The minimum absolute atomic E-state index is 0.303. The molecule has 0 aromatic heterocycles. The molecule has 0 aliphatic rings. The van der Waals surface area contributed by atoms with Crippen LogP contribution in [0.15, 0.2) is 18.2 Å². The highest BCUT2D eigenvalue weighted by atomic mass is 14.6. The Bertz CT molecular complexity index is 343. The second kappa shape index (κ2) is 6.80. The lowest BCUT2D eigenvalue weighted by Gasteiger charge is -2.18. The monoisotopic (exact) mass is 233 g/mol. The molecule has 0 aliphatic heterocycles. The zero-order valence-corrected chi connectivity index (χ0v) is 11.8. The molecule has 0 saturated heterocycles. The van der Waals surface area contributed by atoms with Crippen LogP contribution < -0.4 is 5.73 Å². The molecule has 2 N–H and O–H groups in total. The molecule has 1 heteroatoms. The molecule has 0 amide bonds. The summed E-state index contributed by atoms with van der Waals surface area (Å²) in [4.78, 5) is 0. The van der Waals surface area contributed by atoms with Crippen LogP contribution in [0.3, 0.4) is 0 Å². The Balaban J connectivity index is 2.55. The Morgan fingerprint density at radius 1 is 1.24 bits per heavy atom. The first-order valence-corrected chi connectivity index (χ1v) is 6.84. The van der Waals surface area contributed by atoms with Gasteiger partial charge in [-0.3, -0.25) is 0 Å². The van der Waals surface area contributed by atoms with Gasteiger partial charge in [0.2, 0.25) is 0 Å². The fourth-order valence-electron chi connectivity index (χ4n) is 2.51. The highest BCUT2D eigenvalue weighted by molar-refractivity contribution is 5.31. The van der Waals surface area contributed by atoms with Crippen molar-refractivity contribution in [3.05, 3.63) is 34.9 Å². The van der Waals surface area contributed by atoms with Gasteiger partial charge in [-0.15, -0.1) is 0 Å². The molecule has 1 aromatic carbocycles. The molecule has 96 valence electrons. The second-order valence-corrected chi connectivity index (χ2v) is 5.52. The van der Waals surface area contributed by atoms with Crippen molar-refractivity contribution >= 4 is 0 Å². The highest BCUT2D eigenvalue weighted by Crippen LogP contribution is 2.17. The molecular weight excluding hydrogens is 206 g/mol. The summed E-state index contributed by atoms with van der Waals surface area (Å²) in [6.45, 7) is 8.88. The lowest BCUT2D eigenvalue weighted by Crippen LogP contribution is -2.25. The minimum Gasteiger partial charge on any atom is -0.327 e. The molecule has 0 radical (unpaired) electrons. The highest BCUT2D eigenvalue weighted by Gasteiger charge is 2.10. The second-order valence-electron chi connectivity index (χ2n) is 5.52. The molecule has 0 saturated carbocycles. The Morgan fingerprint density at radius 2 is 1.94 bits per heavy atom. The maximum absolute atomic E-state index is 6.26. The van der Waals surface area contributed by atoms with Gasteiger partial charge in [0.25, 0.3) is 0 Å². The van der Waals surface area contributed by atoms with Crippen molar-refractivity contribution in [3.63, 3.8) is 0 Å². The standard InChI is InChI=1S/C16H27N/c1-5-6-12(2)10-16(17)11-15-9-13(3)7-8-14(15)4/h7-9,12,16H,5-6,10-11,17H2,1-4H3. The van der Waals surface area contributed by atoms with Gasteiger partial charge >= 0.3 is 0 Å². The van der Waals surface area contributed by atoms with E-state index in [9.17, 15) is 0 Å². The van der Waals surface area contributed by atoms with E-state index in [1.165, 1.54) is 29.5 Å². The summed E-state index contributed by atoms with van der Waals surface area (Å²) in [5, 5.41) is 0. The number of hydrogen-bond donors (Lipinski definition) is 1. The molecule has 1 rings (SSSR count). The molecule has 2 atom stereocenters. The Kier molecular flexibility index (Phi) is 5.70. The van der Waals surface area contributed by atoms with Crippen LogP contribution >= 0.6 is 0 Å². The van der Waals surface area contributed by atoms with Crippen LogP contribution in [0.5, 0.6) is 0 Å². The quantitative estimate of drug-likeness (QED) is 0.789. The number of rotatable bonds is 6. The van der Waals surface area contributed by atoms with Crippen molar-refractivity contribution in [1.82, 2.24) is 0 Å². The Morgan fingerprint density at radius 3 is 2.59 bits per heavy atom. The van der Waals surface area contributed by atoms with Crippen molar-refractivity contribution in [3.8, 4) is 0 Å². The first-order chi connectivity index (χ1) is 8.02. The van der Waals surface area contributed by atoms with E-state index >= 15 is 0 Å². The molecule has 2 unspecified atom stereocenters. The summed E-state index contributed by atoms with van der Waals surface area (Å²) >= 11 is 0. The van der Waals surface area contributed by atoms with Gasteiger partial charge in [-0.1, -0.05) is 50.5 Å². The van der Waals surface area contributed by atoms with E-state index in [-0.39, 0.29) is 0 Å². The average molecular weight is 233 g/mol. The zero-order valence-electron chi connectivity index (χ0n) is 11.8. The van der Waals surface area contributed by atoms with Gasteiger partial charge < -0.3 is 5.73 Å². The van der Waals surface area contributed by atoms with Gasteiger partial charge in [-0.2, -0.15) is 0 Å². The van der Waals surface area contributed by atoms with Crippen molar-refractivity contribution in [2.75, 3.05) is 0 Å². The third kappa shape index (κ3) is 4.91. The summed E-state index contributed by atoms with van der Waals surface area (Å²) in [6.07, 6.45) is 4.71. The molecular formula is C16H27N. The lowest BCUT2D eigenvalue weighted by atomic mass is 9.92. The van der Waals surface area contributed by atoms with Crippen LogP contribution in [-0.2, 0) is 6.42 Å². The Labute approximate surface area is 106 Å². The van der Waals surface area contributed by atoms with Gasteiger partial charge in [0.15, 0.2) is 0 Å². The van der Waals surface area contributed by atoms with Crippen molar-refractivity contribution < 1.29 is 0 Å². The minimum atomic E-state index is 0.303. The van der Waals surface area contributed by atoms with Crippen molar-refractivity contribution in [1.29, 1.82) is 0 Å². The van der Waals surface area contributed by atoms with Gasteiger partial charge in [0.1, 0.15) is 0 Å². The maximum atomic E-state index is 6.26. The van der Waals surface area contributed by atoms with Crippen LogP contribution in [0.4, 0.5) is 0 Å². The van der Waals surface area contributed by atoms with Crippen molar-refractivity contribution in [2.45, 2.75) is 59.4 Å². The molecule has 0 heterocycles. The average Bonchev–Trinajstić information content (AvgIpc) is 2.23. The van der Waals surface area contributed by atoms with E-state index in [0.29, 0.717) is 6.04 Å². The molecule has 1 aromatic rings. The topological polar surface area (TPSA) is 26.0 Å². The van der Waals surface area contributed by atoms with E-state index in [1.54, 1.807) is 0 Å². The summed E-state index contributed by atoms with van der Waals surface area (Å²) in [5.41, 5.74) is 10.4. The fraction of sp³-hybridized carbons (Fsp3) is 0.625. The van der Waals surface area contributed by atoms with E-state index in [0.717, 1.165) is 18.8 Å². The van der Waals surface area contributed by atoms with Gasteiger partial charge in [-0.05, 0) is 43.7 Å². The van der Waals surface area contributed by atoms with Gasteiger partial charge in [0.05, 0.1) is 0 Å². The summed E-state index contributed by atoms with van der Waals surface area (Å²) in [6, 6.07) is 6.95. The van der Waals surface area contributed by atoms with E-state index in [2.05, 4.69) is 45.9 Å². The van der Waals surface area contributed by atoms with Crippen LogP contribution in [0, 0.1) is 19.8 Å². The summed E-state index contributed by atoms with van der Waals surface area (Å²) < 4.78 is 0.